The molecular weight excluding hydrogens is 262 g/mol. The molecule has 2 unspecified atom stereocenters. The van der Waals surface area contributed by atoms with Crippen LogP contribution in [-0.2, 0) is 0 Å². The third kappa shape index (κ3) is 2.95. The number of methoxy groups -OCH3 is 1. The van der Waals surface area contributed by atoms with E-state index < -0.39 is 0 Å². The van der Waals surface area contributed by atoms with Gasteiger partial charge in [-0.2, -0.15) is 0 Å². The number of rotatable bonds is 4. The molecule has 3 rings (SSSR count). The number of pyridine rings is 1. The number of ether oxygens (including phenoxy) is 1. The second-order valence-electron chi connectivity index (χ2n) is 5.78. The van der Waals surface area contributed by atoms with Crippen LogP contribution in [0.2, 0.25) is 0 Å². The standard InChI is InChI=1S/C17H23N3O/c1-21-14-7-6-12-8-9-19-17(15(12)10-14)20-16-5-3-2-4-13(16)11-18/h6-10,13,16H,2-5,11,18H2,1H3,(H,19,20). The van der Waals surface area contributed by atoms with E-state index in [1.54, 1.807) is 7.11 Å². The highest BCUT2D eigenvalue weighted by Crippen LogP contribution is 2.30. The minimum absolute atomic E-state index is 0.424. The van der Waals surface area contributed by atoms with Crippen molar-refractivity contribution in [2.45, 2.75) is 31.7 Å². The summed E-state index contributed by atoms with van der Waals surface area (Å²) in [6, 6.07) is 8.55. The molecule has 21 heavy (non-hydrogen) atoms. The van der Waals surface area contributed by atoms with Gasteiger partial charge >= 0.3 is 0 Å². The van der Waals surface area contributed by atoms with E-state index in [0.29, 0.717) is 12.0 Å². The molecule has 0 bridgehead atoms. The van der Waals surface area contributed by atoms with Crippen LogP contribution in [0.15, 0.2) is 30.5 Å². The molecule has 4 heteroatoms. The Morgan fingerprint density at radius 1 is 1.29 bits per heavy atom. The van der Waals surface area contributed by atoms with E-state index in [2.05, 4.69) is 16.4 Å². The Bertz CT molecular complexity index is 614. The van der Waals surface area contributed by atoms with Crippen LogP contribution in [0.4, 0.5) is 5.82 Å². The highest BCUT2D eigenvalue weighted by atomic mass is 16.5. The third-order valence-corrected chi connectivity index (χ3v) is 4.51. The molecule has 4 nitrogen and oxygen atoms in total. The molecule has 2 atom stereocenters. The average Bonchev–Trinajstić information content (AvgIpc) is 2.55. The van der Waals surface area contributed by atoms with Gasteiger partial charge in [0.15, 0.2) is 0 Å². The summed E-state index contributed by atoms with van der Waals surface area (Å²) in [7, 11) is 1.69. The predicted molar refractivity (Wildman–Crippen MR) is 86.7 cm³/mol. The van der Waals surface area contributed by atoms with Crippen LogP contribution in [0.1, 0.15) is 25.7 Å². The number of nitrogens with one attached hydrogen (secondary N) is 1. The lowest BCUT2D eigenvalue weighted by molar-refractivity contribution is 0.332. The minimum Gasteiger partial charge on any atom is -0.497 e. The first-order valence-corrected chi connectivity index (χ1v) is 7.71. The van der Waals surface area contributed by atoms with Gasteiger partial charge in [0.05, 0.1) is 7.11 Å². The first kappa shape index (κ1) is 14.1. The number of hydrogen-bond donors (Lipinski definition) is 2. The molecule has 2 aromatic rings. The number of nitrogens with zero attached hydrogens (tertiary/aromatic N) is 1. The van der Waals surface area contributed by atoms with E-state index in [0.717, 1.165) is 23.5 Å². The highest BCUT2D eigenvalue weighted by Gasteiger charge is 2.24. The molecule has 0 spiro atoms. The zero-order chi connectivity index (χ0) is 14.7. The number of anilines is 1. The summed E-state index contributed by atoms with van der Waals surface area (Å²) in [4.78, 5) is 4.54. The maximum absolute atomic E-state index is 5.93. The first-order chi connectivity index (χ1) is 10.3. The Hall–Kier alpha value is -1.81. The molecular formula is C17H23N3O. The maximum Gasteiger partial charge on any atom is 0.134 e. The monoisotopic (exact) mass is 285 g/mol. The van der Waals surface area contributed by atoms with E-state index in [1.807, 2.05) is 24.4 Å². The normalized spacial score (nSPS) is 22.2. The van der Waals surface area contributed by atoms with Crippen molar-refractivity contribution in [1.29, 1.82) is 0 Å². The van der Waals surface area contributed by atoms with Gasteiger partial charge in [0.2, 0.25) is 0 Å². The average molecular weight is 285 g/mol. The van der Waals surface area contributed by atoms with Crippen LogP contribution in [0.3, 0.4) is 0 Å². The van der Waals surface area contributed by atoms with Gasteiger partial charge in [-0.05, 0) is 48.9 Å². The van der Waals surface area contributed by atoms with Crippen molar-refractivity contribution in [2.24, 2.45) is 11.7 Å². The fraction of sp³-hybridized carbons (Fsp3) is 0.471. The van der Waals surface area contributed by atoms with E-state index in [4.69, 9.17) is 10.5 Å². The Labute approximate surface area is 125 Å². The van der Waals surface area contributed by atoms with Crippen LogP contribution in [-0.4, -0.2) is 24.7 Å². The number of fused-ring (bicyclic) bond motifs is 1. The van der Waals surface area contributed by atoms with Crippen molar-refractivity contribution in [1.82, 2.24) is 4.98 Å². The van der Waals surface area contributed by atoms with Crippen LogP contribution >= 0.6 is 0 Å². The summed E-state index contributed by atoms with van der Waals surface area (Å²) in [5.41, 5.74) is 5.93. The van der Waals surface area contributed by atoms with Gasteiger partial charge in [-0.25, -0.2) is 4.98 Å². The lowest BCUT2D eigenvalue weighted by atomic mass is 9.84. The molecule has 1 aliphatic carbocycles. The largest absolute Gasteiger partial charge is 0.497 e. The number of nitrogens with two attached hydrogens (primary N) is 1. The van der Waals surface area contributed by atoms with Crippen molar-refractivity contribution >= 4 is 16.6 Å². The topological polar surface area (TPSA) is 60.2 Å². The van der Waals surface area contributed by atoms with E-state index in [1.165, 1.54) is 31.1 Å². The number of aromatic nitrogens is 1. The van der Waals surface area contributed by atoms with Crippen molar-refractivity contribution in [3.8, 4) is 5.75 Å². The number of hydrogen-bond acceptors (Lipinski definition) is 4. The summed E-state index contributed by atoms with van der Waals surface area (Å²) in [6.45, 7) is 0.742. The molecule has 1 aliphatic rings. The molecule has 1 heterocycles. The van der Waals surface area contributed by atoms with Gasteiger partial charge in [-0.1, -0.05) is 18.9 Å². The predicted octanol–water partition coefficient (Wildman–Crippen LogP) is 3.17. The fourth-order valence-electron chi connectivity index (χ4n) is 3.24. The Kier molecular flexibility index (Phi) is 4.25. The maximum atomic E-state index is 5.93. The van der Waals surface area contributed by atoms with E-state index in [-0.39, 0.29) is 0 Å². The lowest BCUT2D eigenvalue weighted by Crippen LogP contribution is -2.37. The molecule has 0 amide bonds. The van der Waals surface area contributed by atoms with Crippen molar-refractivity contribution < 1.29 is 4.74 Å². The van der Waals surface area contributed by atoms with Crippen LogP contribution in [0.5, 0.6) is 5.75 Å². The third-order valence-electron chi connectivity index (χ3n) is 4.51. The summed E-state index contributed by atoms with van der Waals surface area (Å²) >= 11 is 0. The summed E-state index contributed by atoms with van der Waals surface area (Å²) in [5.74, 6) is 2.34. The van der Waals surface area contributed by atoms with E-state index >= 15 is 0 Å². The Morgan fingerprint density at radius 2 is 2.14 bits per heavy atom. The van der Waals surface area contributed by atoms with Crippen molar-refractivity contribution in [3.05, 3.63) is 30.5 Å². The molecule has 112 valence electrons. The van der Waals surface area contributed by atoms with Gasteiger partial charge in [0, 0.05) is 17.6 Å². The smallest absolute Gasteiger partial charge is 0.134 e. The van der Waals surface area contributed by atoms with Gasteiger partial charge in [-0.15, -0.1) is 0 Å². The van der Waals surface area contributed by atoms with Crippen molar-refractivity contribution in [2.75, 3.05) is 19.0 Å². The zero-order valence-corrected chi connectivity index (χ0v) is 12.5. The van der Waals surface area contributed by atoms with Gasteiger partial charge in [-0.3, -0.25) is 0 Å². The van der Waals surface area contributed by atoms with E-state index in [9.17, 15) is 0 Å². The van der Waals surface area contributed by atoms with Crippen LogP contribution in [0.25, 0.3) is 10.8 Å². The van der Waals surface area contributed by atoms with Gasteiger partial charge < -0.3 is 15.8 Å². The zero-order valence-electron chi connectivity index (χ0n) is 12.5. The minimum atomic E-state index is 0.424. The number of benzene rings is 1. The second-order valence-corrected chi connectivity index (χ2v) is 5.78. The fourth-order valence-corrected chi connectivity index (χ4v) is 3.24. The lowest BCUT2D eigenvalue weighted by Gasteiger charge is -2.32. The summed E-state index contributed by atoms with van der Waals surface area (Å²) in [5, 5.41) is 5.91. The summed E-state index contributed by atoms with van der Waals surface area (Å²) < 4.78 is 5.33. The van der Waals surface area contributed by atoms with Crippen LogP contribution < -0.4 is 15.8 Å². The second kappa shape index (κ2) is 6.31. The molecule has 3 N–H and O–H groups in total. The highest BCUT2D eigenvalue weighted by molar-refractivity contribution is 5.92. The SMILES string of the molecule is COc1ccc2ccnc(NC3CCCCC3CN)c2c1. The molecule has 1 saturated carbocycles. The van der Waals surface area contributed by atoms with Crippen molar-refractivity contribution in [3.63, 3.8) is 0 Å². The van der Waals surface area contributed by atoms with Gasteiger partial charge in [0.1, 0.15) is 11.6 Å². The summed E-state index contributed by atoms with van der Waals surface area (Å²) in [6.07, 6.45) is 6.79. The quantitative estimate of drug-likeness (QED) is 0.906. The Morgan fingerprint density at radius 3 is 2.95 bits per heavy atom. The molecule has 1 fully saturated rings. The molecule has 0 radical (unpaired) electrons. The molecule has 0 aliphatic heterocycles. The molecule has 1 aromatic heterocycles. The van der Waals surface area contributed by atoms with Crippen LogP contribution in [0, 0.1) is 5.92 Å². The van der Waals surface area contributed by atoms with Gasteiger partial charge in [0.25, 0.3) is 0 Å². The molecule has 1 aromatic carbocycles. The molecule has 0 saturated heterocycles. The first-order valence-electron chi connectivity index (χ1n) is 7.71. The Balaban J connectivity index is 1.92.